The zero-order valence-corrected chi connectivity index (χ0v) is 18.7. The Morgan fingerprint density at radius 1 is 1.18 bits per heavy atom. The molecule has 33 heavy (non-hydrogen) atoms. The number of carbonyl (C=O) groups is 1. The third kappa shape index (κ3) is 3.91. The molecule has 7 heteroatoms. The Morgan fingerprint density at radius 2 is 1.94 bits per heavy atom. The highest BCUT2D eigenvalue weighted by Gasteiger charge is 2.25. The lowest BCUT2D eigenvalue weighted by molar-refractivity contribution is 0.0697. The summed E-state index contributed by atoms with van der Waals surface area (Å²) >= 11 is 6.70. The van der Waals surface area contributed by atoms with Gasteiger partial charge in [-0.25, -0.2) is 18.9 Å². The molecule has 166 valence electrons. The zero-order chi connectivity index (χ0) is 23.1. The van der Waals surface area contributed by atoms with Gasteiger partial charge in [0.15, 0.2) is 0 Å². The van der Waals surface area contributed by atoms with Gasteiger partial charge in [-0.05, 0) is 67.2 Å². The van der Waals surface area contributed by atoms with Crippen LogP contribution in [0.4, 0.5) is 4.39 Å². The van der Waals surface area contributed by atoms with Crippen molar-refractivity contribution in [2.75, 3.05) is 0 Å². The summed E-state index contributed by atoms with van der Waals surface area (Å²) in [5, 5.41) is 15.7. The van der Waals surface area contributed by atoms with Crippen LogP contribution in [0.1, 0.15) is 51.3 Å². The second kappa shape index (κ2) is 8.45. The third-order valence-electron chi connectivity index (χ3n) is 6.06. The van der Waals surface area contributed by atoms with Crippen molar-refractivity contribution in [2.24, 2.45) is 0 Å². The normalized spacial score (nSPS) is 14.6. The second-order valence-corrected chi connectivity index (χ2v) is 8.59. The molecule has 1 aliphatic rings. The van der Waals surface area contributed by atoms with Crippen LogP contribution in [0.25, 0.3) is 22.6 Å². The number of carboxylic acid groups (broad SMARTS) is 1. The molecule has 0 fully saturated rings. The first kappa shape index (κ1) is 21.3. The van der Waals surface area contributed by atoms with Crippen molar-refractivity contribution in [2.45, 2.75) is 32.7 Å². The van der Waals surface area contributed by atoms with Crippen molar-refractivity contribution >= 4 is 40.1 Å². The summed E-state index contributed by atoms with van der Waals surface area (Å²) in [5.41, 5.74) is 5.88. The first-order valence-corrected chi connectivity index (χ1v) is 11.1. The number of aromatic carboxylic acids is 1. The van der Waals surface area contributed by atoms with Crippen LogP contribution in [0, 0.1) is 12.7 Å². The lowest BCUT2D eigenvalue weighted by atomic mass is 9.86. The SMILES string of the molecule is Cc1nn(Cc2ccc(F)cc2)c(Cl)c1/C=C1/CCCc2c1nc1ccccc1c2C(=O)O. The molecule has 5 nitrogen and oxygen atoms in total. The van der Waals surface area contributed by atoms with Crippen molar-refractivity contribution in [1.29, 1.82) is 0 Å². The molecule has 0 spiro atoms. The molecule has 0 unspecified atom stereocenters. The molecule has 2 aromatic heterocycles. The van der Waals surface area contributed by atoms with Crippen LogP contribution in [0.3, 0.4) is 0 Å². The van der Waals surface area contributed by atoms with E-state index in [2.05, 4.69) is 5.10 Å². The van der Waals surface area contributed by atoms with Gasteiger partial charge in [0.2, 0.25) is 0 Å². The van der Waals surface area contributed by atoms with Crippen LogP contribution in [0.15, 0.2) is 48.5 Å². The maximum Gasteiger partial charge on any atom is 0.336 e. The van der Waals surface area contributed by atoms with Gasteiger partial charge >= 0.3 is 5.97 Å². The van der Waals surface area contributed by atoms with Crippen LogP contribution in [0.5, 0.6) is 0 Å². The van der Waals surface area contributed by atoms with Gasteiger partial charge in [0.05, 0.1) is 29.0 Å². The maximum atomic E-state index is 13.2. The molecular weight excluding hydrogens is 441 g/mol. The zero-order valence-electron chi connectivity index (χ0n) is 18.0. The second-order valence-electron chi connectivity index (χ2n) is 8.23. The van der Waals surface area contributed by atoms with Gasteiger partial charge in [0.1, 0.15) is 11.0 Å². The maximum absolute atomic E-state index is 13.2. The Kier molecular flexibility index (Phi) is 5.46. The molecule has 5 rings (SSSR count). The van der Waals surface area contributed by atoms with E-state index in [0.717, 1.165) is 46.5 Å². The topological polar surface area (TPSA) is 68.0 Å². The number of para-hydroxylation sites is 1. The van der Waals surface area contributed by atoms with E-state index in [-0.39, 0.29) is 5.82 Å². The third-order valence-corrected chi connectivity index (χ3v) is 6.46. The van der Waals surface area contributed by atoms with Gasteiger partial charge in [0, 0.05) is 10.9 Å². The van der Waals surface area contributed by atoms with Crippen LogP contribution < -0.4 is 0 Å². The molecule has 0 atom stereocenters. The van der Waals surface area contributed by atoms with E-state index in [4.69, 9.17) is 16.6 Å². The Balaban J connectivity index is 1.60. The first-order valence-electron chi connectivity index (χ1n) is 10.8. The molecule has 2 aromatic carbocycles. The van der Waals surface area contributed by atoms with Crippen molar-refractivity contribution in [3.8, 4) is 0 Å². The van der Waals surface area contributed by atoms with Gasteiger partial charge in [0.25, 0.3) is 0 Å². The summed E-state index contributed by atoms with van der Waals surface area (Å²) in [5.74, 6) is -1.23. The lowest BCUT2D eigenvalue weighted by Gasteiger charge is -2.21. The van der Waals surface area contributed by atoms with Gasteiger partial charge in [-0.2, -0.15) is 5.10 Å². The largest absolute Gasteiger partial charge is 0.478 e. The molecule has 0 amide bonds. The van der Waals surface area contributed by atoms with E-state index < -0.39 is 5.97 Å². The summed E-state index contributed by atoms with van der Waals surface area (Å²) < 4.78 is 14.9. The predicted molar refractivity (Wildman–Crippen MR) is 127 cm³/mol. The van der Waals surface area contributed by atoms with Crippen molar-refractivity contribution in [3.05, 3.63) is 93.1 Å². The van der Waals surface area contributed by atoms with Gasteiger partial charge in [-0.1, -0.05) is 41.9 Å². The molecule has 2 heterocycles. The molecule has 0 saturated carbocycles. The smallest absolute Gasteiger partial charge is 0.336 e. The number of aryl methyl sites for hydroxylation is 1. The molecule has 0 bridgehead atoms. The Labute approximate surface area is 195 Å². The molecule has 1 N–H and O–H groups in total. The van der Waals surface area contributed by atoms with E-state index >= 15 is 0 Å². The molecule has 1 aliphatic carbocycles. The van der Waals surface area contributed by atoms with Crippen LogP contribution in [-0.2, 0) is 13.0 Å². The highest BCUT2D eigenvalue weighted by molar-refractivity contribution is 6.31. The number of halogens is 2. The van der Waals surface area contributed by atoms with E-state index in [1.54, 1.807) is 16.8 Å². The molecule has 0 aliphatic heterocycles. The number of benzene rings is 2. The fraction of sp³-hybridized carbons (Fsp3) is 0.192. The minimum atomic E-state index is -0.938. The summed E-state index contributed by atoms with van der Waals surface area (Å²) in [6.07, 6.45) is 4.26. The number of rotatable bonds is 4. The standard InChI is InChI=1S/C26H21ClFN3O2/c1-15-21(25(27)31(30-15)14-16-9-11-18(28)12-10-16)13-17-5-4-7-20-23(26(32)33)19-6-2-3-8-22(19)29-24(17)20/h2-3,6,8-13H,4-5,7,14H2,1H3,(H,32,33)/b17-13-. The summed E-state index contributed by atoms with van der Waals surface area (Å²) in [6, 6.07) is 13.6. The minimum absolute atomic E-state index is 0.288. The lowest BCUT2D eigenvalue weighted by Crippen LogP contribution is -2.13. The average molecular weight is 462 g/mol. The number of hydrogen-bond acceptors (Lipinski definition) is 3. The number of hydrogen-bond donors (Lipinski definition) is 1. The summed E-state index contributed by atoms with van der Waals surface area (Å²) in [7, 11) is 0. The first-order chi connectivity index (χ1) is 15.9. The van der Waals surface area contributed by atoms with Crippen molar-refractivity contribution in [3.63, 3.8) is 0 Å². The van der Waals surface area contributed by atoms with Crippen LogP contribution >= 0.6 is 11.6 Å². The van der Waals surface area contributed by atoms with Crippen molar-refractivity contribution in [1.82, 2.24) is 14.8 Å². The summed E-state index contributed by atoms with van der Waals surface area (Å²) in [4.78, 5) is 17.0. The van der Waals surface area contributed by atoms with Crippen LogP contribution in [-0.4, -0.2) is 25.8 Å². The van der Waals surface area contributed by atoms with E-state index in [1.165, 1.54) is 12.1 Å². The number of nitrogens with zero attached hydrogens (tertiary/aromatic N) is 3. The Morgan fingerprint density at radius 3 is 2.70 bits per heavy atom. The van der Waals surface area contributed by atoms with Gasteiger partial charge in [-0.3, -0.25) is 0 Å². The highest BCUT2D eigenvalue weighted by atomic mass is 35.5. The fourth-order valence-electron chi connectivity index (χ4n) is 4.49. The van der Waals surface area contributed by atoms with Gasteiger partial charge < -0.3 is 5.11 Å². The number of aromatic nitrogens is 3. The van der Waals surface area contributed by atoms with E-state index in [9.17, 15) is 14.3 Å². The van der Waals surface area contributed by atoms with E-state index in [0.29, 0.717) is 34.6 Å². The van der Waals surface area contributed by atoms with Crippen molar-refractivity contribution < 1.29 is 14.3 Å². The van der Waals surface area contributed by atoms with E-state index in [1.807, 2.05) is 37.3 Å². The number of pyridine rings is 1. The highest BCUT2D eigenvalue weighted by Crippen LogP contribution is 2.37. The Bertz CT molecular complexity index is 1420. The molecule has 0 radical (unpaired) electrons. The average Bonchev–Trinajstić information content (AvgIpc) is 3.06. The Hall–Kier alpha value is -3.51. The summed E-state index contributed by atoms with van der Waals surface area (Å²) in [6.45, 7) is 2.31. The number of fused-ring (bicyclic) bond motifs is 2. The number of carboxylic acids is 1. The minimum Gasteiger partial charge on any atom is -0.478 e. The molecule has 4 aromatic rings. The molecular formula is C26H21ClFN3O2. The number of allylic oxidation sites excluding steroid dienone is 1. The fourth-order valence-corrected chi connectivity index (χ4v) is 4.78. The molecule has 0 saturated heterocycles. The quantitative estimate of drug-likeness (QED) is 0.395. The van der Waals surface area contributed by atoms with Gasteiger partial charge in [-0.15, -0.1) is 0 Å². The predicted octanol–water partition coefficient (Wildman–Crippen LogP) is 6.16. The van der Waals surface area contributed by atoms with Crippen LogP contribution in [0.2, 0.25) is 5.15 Å². The monoisotopic (exact) mass is 461 g/mol.